The van der Waals surface area contributed by atoms with Crippen molar-refractivity contribution in [2.45, 2.75) is 11.4 Å². The van der Waals surface area contributed by atoms with E-state index in [9.17, 15) is 8.42 Å². The number of benzene rings is 2. The molecule has 118 valence electrons. The number of halogens is 1. The maximum atomic E-state index is 12.5. The molecule has 0 aliphatic heterocycles. The summed E-state index contributed by atoms with van der Waals surface area (Å²) in [5.41, 5.74) is 0.847. The molecule has 0 aliphatic rings. The van der Waals surface area contributed by atoms with Gasteiger partial charge in [0.2, 0.25) is 10.0 Å². The van der Waals surface area contributed by atoms with E-state index in [0.29, 0.717) is 5.75 Å². The summed E-state index contributed by atoms with van der Waals surface area (Å²) in [6, 6.07) is 12.1. The lowest BCUT2D eigenvalue weighted by molar-refractivity contribution is 0.392. The number of nitrogens with one attached hydrogen (secondary N) is 1. The van der Waals surface area contributed by atoms with Crippen LogP contribution in [0, 0.1) is 0 Å². The molecule has 5 nitrogen and oxygen atoms in total. The van der Waals surface area contributed by atoms with Crippen molar-refractivity contribution in [2.75, 3.05) is 14.2 Å². The Labute approximate surface area is 138 Å². The van der Waals surface area contributed by atoms with Gasteiger partial charge in [-0.3, -0.25) is 0 Å². The highest BCUT2D eigenvalue weighted by atomic mass is 79.9. The summed E-state index contributed by atoms with van der Waals surface area (Å²) in [7, 11) is -0.812. The molecule has 0 heterocycles. The van der Waals surface area contributed by atoms with E-state index in [2.05, 4.69) is 20.7 Å². The van der Waals surface area contributed by atoms with Crippen LogP contribution in [0.1, 0.15) is 5.56 Å². The molecule has 2 aromatic carbocycles. The second kappa shape index (κ2) is 7.13. The predicted molar refractivity (Wildman–Crippen MR) is 87.7 cm³/mol. The zero-order valence-corrected chi connectivity index (χ0v) is 14.6. The summed E-state index contributed by atoms with van der Waals surface area (Å²) in [6.07, 6.45) is 0. The normalized spacial score (nSPS) is 11.2. The lowest BCUT2D eigenvalue weighted by Gasteiger charge is -2.12. The molecule has 0 aromatic heterocycles. The highest BCUT2D eigenvalue weighted by Crippen LogP contribution is 2.28. The van der Waals surface area contributed by atoms with Crippen LogP contribution >= 0.6 is 15.9 Å². The van der Waals surface area contributed by atoms with Gasteiger partial charge in [0.05, 0.1) is 14.2 Å². The van der Waals surface area contributed by atoms with Crippen molar-refractivity contribution in [1.29, 1.82) is 0 Å². The molecule has 2 rings (SSSR count). The second-order valence-electron chi connectivity index (χ2n) is 4.47. The minimum atomic E-state index is -3.72. The van der Waals surface area contributed by atoms with E-state index < -0.39 is 10.0 Å². The van der Waals surface area contributed by atoms with E-state index in [1.807, 2.05) is 24.3 Å². The lowest BCUT2D eigenvalue weighted by Crippen LogP contribution is -2.23. The minimum Gasteiger partial charge on any atom is -0.497 e. The maximum Gasteiger partial charge on any atom is 0.244 e. The number of hydrogen-bond donors (Lipinski definition) is 1. The van der Waals surface area contributed by atoms with Crippen LogP contribution in [0.25, 0.3) is 0 Å². The summed E-state index contributed by atoms with van der Waals surface area (Å²) in [4.78, 5) is 0.0457. The van der Waals surface area contributed by atoms with Gasteiger partial charge in [-0.2, -0.15) is 0 Å². The van der Waals surface area contributed by atoms with E-state index in [0.717, 1.165) is 10.0 Å². The summed E-state index contributed by atoms with van der Waals surface area (Å²) in [5, 5.41) is 0. The third kappa shape index (κ3) is 4.00. The first-order valence-corrected chi connectivity index (χ1v) is 8.70. The number of methoxy groups -OCH3 is 2. The Hall–Kier alpha value is -1.57. The predicted octanol–water partition coefficient (Wildman–Crippen LogP) is 2.94. The molecule has 0 fully saturated rings. The first kappa shape index (κ1) is 16.8. The molecule has 0 amide bonds. The Morgan fingerprint density at radius 3 is 2.50 bits per heavy atom. The number of rotatable bonds is 6. The third-order valence-electron chi connectivity index (χ3n) is 3.02. The van der Waals surface area contributed by atoms with Crippen LogP contribution in [0.4, 0.5) is 0 Å². The number of hydrogen-bond acceptors (Lipinski definition) is 4. The van der Waals surface area contributed by atoms with Crippen LogP contribution < -0.4 is 14.2 Å². The zero-order chi connectivity index (χ0) is 16.2. The third-order valence-corrected chi connectivity index (χ3v) is 4.93. The summed E-state index contributed by atoms with van der Waals surface area (Å²) >= 11 is 3.36. The number of ether oxygens (including phenoxy) is 2. The fraction of sp³-hybridized carbons (Fsp3) is 0.200. The van der Waals surface area contributed by atoms with Gasteiger partial charge >= 0.3 is 0 Å². The first-order chi connectivity index (χ1) is 10.5. The van der Waals surface area contributed by atoms with Gasteiger partial charge in [-0.25, -0.2) is 13.1 Å². The fourth-order valence-electron chi connectivity index (χ4n) is 1.90. The van der Waals surface area contributed by atoms with Crippen LogP contribution in [-0.4, -0.2) is 22.6 Å². The Bertz CT molecular complexity index is 762. The van der Waals surface area contributed by atoms with Crippen molar-refractivity contribution in [3.05, 3.63) is 52.5 Å². The fourth-order valence-corrected chi connectivity index (χ4v) is 3.54. The standard InChI is InChI=1S/C15H16BrNO4S/c1-20-13-6-7-14(21-2)15(9-13)22(18,19)17-10-11-4-3-5-12(16)8-11/h3-9,17H,10H2,1-2H3. The highest BCUT2D eigenvalue weighted by molar-refractivity contribution is 9.10. The van der Waals surface area contributed by atoms with Gasteiger partial charge < -0.3 is 9.47 Å². The van der Waals surface area contributed by atoms with Gasteiger partial charge in [0.1, 0.15) is 16.4 Å². The molecule has 0 unspecified atom stereocenters. The largest absolute Gasteiger partial charge is 0.497 e. The molecule has 0 saturated carbocycles. The van der Waals surface area contributed by atoms with Gasteiger partial charge in [-0.1, -0.05) is 28.1 Å². The smallest absolute Gasteiger partial charge is 0.244 e. The van der Waals surface area contributed by atoms with Gasteiger partial charge in [0, 0.05) is 17.1 Å². The van der Waals surface area contributed by atoms with E-state index in [1.54, 1.807) is 12.1 Å². The molecular weight excluding hydrogens is 370 g/mol. The Morgan fingerprint density at radius 2 is 1.86 bits per heavy atom. The average molecular weight is 386 g/mol. The van der Waals surface area contributed by atoms with E-state index in [1.165, 1.54) is 20.3 Å². The van der Waals surface area contributed by atoms with Crippen LogP contribution in [-0.2, 0) is 16.6 Å². The molecular formula is C15H16BrNO4S. The second-order valence-corrected chi connectivity index (χ2v) is 7.12. The van der Waals surface area contributed by atoms with Crippen molar-refractivity contribution >= 4 is 26.0 Å². The van der Waals surface area contributed by atoms with Gasteiger partial charge in [-0.05, 0) is 29.8 Å². The number of sulfonamides is 1. The van der Waals surface area contributed by atoms with Crippen molar-refractivity contribution in [2.24, 2.45) is 0 Å². The monoisotopic (exact) mass is 385 g/mol. The molecule has 0 saturated heterocycles. The van der Waals surface area contributed by atoms with Gasteiger partial charge in [0.25, 0.3) is 0 Å². The molecule has 22 heavy (non-hydrogen) atoms. The molecule has 0 radical (unpaired) electrons. The summed E-state index contributed by atoms with van der Waals surface area (Å²) in [5.74, 6) is 0.714. The van der Waals surface area contributed by atoms with E-state index >= 15 is 0 Å². The van der Waals surface area contributed by atoms with Crippen LogP contribution in [0.5, 0.6) is 11.5 Å². The summed E-state index contributed by atoms with van der Waals surface area (Å²) < 4.78 is 38.6. The molecule has 0 bridgehead atoms. The molecule has 0 spiro atoms. The van der Waals surface area contributed by atoms with E-state index in [-0.39, 0.29) is 17.2 Å². The average Bonchev–Trinajstić information content (AvgIpc) is 2.52. The van der Waals surface area contributed by atoms with Crippen molar-refractivity contribution in [3.63, 3.8) is 0 Å². The van der Waals surface area contributed by atoms with Crippen molar-refractivity contribution in [3.8, 4) is 11.5 Å². The summed E-state index contributed by atoms with van der Waals surface area (Å²) in [6.45, 7) is 0.183. The SMILES string of the molecule is COc1ccc(OC)c(S(=O)(=O)NCc2cccc(Br)c2)c1. The first-order valence-electron chi connectivity index (χ1n) is 6.42. The van der Waals surface area contributed by atoms with Gasteiger partial charge in [-0.15, -0.1) is 0 Å². The maximum absolute atomic E-state index is 12.5. The lowest BCUT2D eigenvalue weighted by atomic mass is 10.2. The molecule has 7 heteroatoms. The zero-order valence-electron chi connectivity index (χ0n) is 12.2. The van der Waals surface area contributed by atoms with Crippen LogP contribution in [0.3, 0.4) is 0 Å². The van der Waals surface area contributed by atoms with Crippen LogP contribution in [0.2, 0.25) is 0 Å². The van der Waals surface area contributed by atoms with Gasteiger partial charge in [0.15, 0.2) is 0 Å². The quantitative estimate of drug-likeness (QED) is 0.829. The molecule has 0 atom stereocenters. The Morgan fingerprint density at radius 1 is 1.09 bits per heavy atom. The minimum absolute atomic E-state index is 0.0457. The van der Waals surface area contributed by atoms with Crippen molar-refractivity contribution < 1.29 is 17.9 Å². The molecule has 0 aliphatic carbocycles. The van der Waals surface area contributed by atoms with Crippen molar-refractivity contribution in [1.82, 2.24) is 4.72 Å². The van der Waals surface area contributed by atoms with Crippen LogP contribution in [0.15, 0.2) is 51.8 Å². The Kier molecular flexibility index (Phi) is 5.44. The van der Waals surface area contributed by atoms with E-state index in [4.69, 9.17) is 9.47 Å². The highest BCUT2D eigenvalue weighted by Gasteiger charge is 2.20. The molecule has 2 aromatic rings. The topological polar surface area (TPSA) is 64.6 Å². The molecule has 1 N–H and O–H groups in total. The Balaban J connectivity index is 2.26.